The highest BCUT2D eigenvalue weighted by atomic mass is 32.2. The molecular weight excluding hydrogens is 1260 g/mol. The summed E-state index contributed by atoms with van der Waals surface area (Å²) in [6.45, 7) is 21.5. The van der Waals surface area contributed by atoms with Crippen LogP contribution in [0.15, 0.2) is 147 Å². The van der Waals surface area contributed by atoms with Crippen LogP contribution in [0.1, 0.15) is 102 Å². The average molecular weight is 1360 g/mol. The van der Waals surface area contributed by atoms with Gasteiger partial charge in [-0.2, -0.15) is 0 Å². The van der Waals surface area contributed by atoms with E-state index in [9.17, 15) is 0 Å². The number of nitrogens with zero attached hydrogens (tertiary/aromatic N) is 15. The summed E-state index contributed by atoms with van der Waals surface area (Å²) in [6, 6.07) is 25.9. The Labute approximate surface area is 574 Å². The maximum absolute atomic E-state index is 7.01. The van der Waals surface area contributed by atoms with Gasteiger partial charge in [0.15, 0.2) is 15.4 Å². The van der Waals surface area contributed by atoms with Crippen LogP contribution >= 0.6 is 34.4 Å². The summed E-state index contributed by atoms with van der Waals surface area (Å²) in [7, 11) is 2.04. The number of ether oxygens (including phenoxy) is 1. The molecule has 6 aromatic rings. The van der Waals surface area contributed by atoms with Crippen LogP contribution in [0.3, 0.4) is 0 Å². The number of hydrogen-bond donors (Lipinski definition) is 8. The molecule has 10 aliphatic heterocycles. The zero-order valence-corrected chi connectivity index (χ0v) is 58.4. The Bertz CT molecular complexity index is 3170. The van der Waals surface area contributed by atoms with Crippen LogP contribution in [0.2, 0.25) is 0 Å². The smallest absolute Gasteiger partial charge is 0.291 e. The second-order valence-corrected chi connectivity index (χ2v) is 24.9. The number of fused-ring (bicyclic) bond motifs is 4. The molecule has 25 nitrogen and oxygen atoms in total. The predicted octanol–water partition coefficient (Wildman–Crippen LogP) is 9.58. The first-order chi connectivity index (χ1) is 46.4. The number of amidine groups is 6. The van der Waals surface area contributed by atoms with E-state index in [2.05, 4.69) is 109 Å². The fourth-order valence-corrected chi connectivity index (χ4v) is 11.5. The van der Waals surface area contributed by atoms with E-state index >= 15 is 0 Å². The zero-order valence-electron chi connectivity index (χ0n) is 56.0. The summed E-state index contributed by atoms with van der Waals surface area (Å²) >= 11 is 4.59. The number of anilines is 3. The molecule has 3 aromatic heterocycles. The number of thioether (sulfide) groups is 1. The Kier molecular flexibility index (Phi) is 39.0. The molecule has 0 bridgehead atoms. The van der Waals surface area contributed by atoms with E-state index in [1.54, 1.807) is 24.3 Å². The molecule has 0 amide bonds. The van der Waals surface area contributed by atoms with Gasteiger partial charge in [-0.3, -0.25) is 40.4 Å². The summed E-state index contributed by atoms with van der Waals surface area (Å²) in [5.74, 6) is 5.27. The van der Waals surface area contributed by atoms with Crippen molar-refractivity contribution in [1.82, 2.24) is 39.9 Å². The van der Waals surface area contributed by atoms with Crippen molar-refractivity contribution in [2.75, 3.05) is 135 Å². The van der Waals surface area contributed by atoms with Gasteiger partial charge < -0.3 is 68.5 Å². The molecule has 28 heteroatoms. The number of thiazole rings is 2. The number of oxazole rings is 1. The van der Waals surface area contributed by atoms with Crippen molar-refractivity contribution in [1.29, 1.82) is 5.41 Å². The van der Waals surface area contributed by atoms with E-state index in [0.29, 0.717) is 22.9 Å². The van der Waals surface area contributed by atoms with Crippen LogP contribution in [0, 0.1) is 5.41 Å². The zero-order chi connectivity index (χ0) is 67.8. The molecule has 0 unspecified atom stereocenters. The number of benzene rings is 3. The largest absolute Gasteiger partial charge is 0.463 e. The van der Waals surface area contributed by atoms with Crippen molar-refractivity contribution >= 4 is 120 Å². The molecule has 516 valence electrons. The van der Waals surface area contributed by atoms with Gasteiger partial charge in [0, 0.05) is 147 Å². The minimum atomic E-state index is 0.121. The maximum Gasteiger partial charge on any atom is 0.291 e. The lowest BCUT2D eigenvalue weighted by molar-refractivity contribution is 0.342. The van der Waals surface area contributed by atoms with Gasteiger partial charge in [0.05, 0.1) is 65.4 Å². The van der Waals surface area contributed by atoms with E-state index in [4.69, 9.17) is 39.8 Å². The molecule has 3 aromatic carbocycles. The lowest BCUT2D eigenvalue weighted by Crippen LogP contribution is -2.34. The number of aliphatic imine (C=N–C) groups is 8. The van der Waals surface area contributed by atoms with Gasteiger partial charge >= 0.3 is 0 Å². The van der Waals surface area contributed by atoms with Crippen LogP contribution in [-0.2, 0) is 11.2 Å². The van der Waals surface area contributed by atoms with Gasteiger partial charge in [0.25, 0.3) is 12.0 Å². The number of nitrogens with one attached hydrogen (secondary N) is 2. The number of nitrogens with two attached hydrogens (primary N) is 6. The minimum Gasteiger partial charge on any atom is -0.463 e. The number of para-hydroxylation sites is 2. The lowest BCUT2D eigenvalue weighted by atomic mass is 10.2. The van der Waals surface area contributed by atoms with Crippen molar-refractivity contribution in [2.24, 2.45) is 57.1 Å². The van der Waals surface area contributed by atoms with Crippen molar-refractivity contribution in [2.45, 2.75) is 97.3 Å². The van der Waals surface area contributed by atoms with Gasteiger partial charge in [0.2, 0.25) is 0 Å². The quantitative estimate of drug-likeness (QED) is 0.0603. The Hall–Kier alpha value is -8.63. The Morgan fingerprint density at radius 2 is 1.35 bits per heavy atom. The number of aromatic nitrogens is 3. The van der Waals surface area contributed by atoms with Gasteiger partial charge in [0.1, 0.15) is 18.7 Å². The van der Waals surface area contributed by atoms with Crippen molar-refractivity contribution in [3.05, 3.63) is 114 Å². The third kappa shape index (κ3) is 33.9. The number of hydrogen-bond acceptors (Lipinski definition) is 27. The Balaban J connectivity index is 0.000000189. The van der Waals surface area contributed by atoms with Gasteiger partial charge in [-0.05, 0) is 82.1 Å². The van der Waals surface area contributed by atoms with E-state index in [-0.39, 0.29) is 11.9 Å². The average Bonchev–Trinajstić information content (AvgIpc) is 2.11. The Morgan fingerprint density at radius 1 is 0.653 bits per heavy atom. The fourth-order valence-electron chi connectivity index (χ4n) is 9.78. The third-order valence-corrected chi connectivity index (χ3v) is 16.8. The first-order valence-corrected chi connectivity index (χ1v) is 35.6. The van der Waals surface area contributed by atoms with E-state index < -0.39 is 0 Å². The molecule has 2 fully saturated rings. The molecule has 0 spiro atoms. The van der Waals surface area contributed by atoms with Crippen molar-refractivity contribution in [3.63, 3.8) is 0 Å². The van der Waals surface area contributed by atoms with Crippen molar-refractivity contribution < 1.29 is 9.15 Å². The van der Waals surface area contributed by atoms with Crippen LogP contribution in [0.4, 0.5) is 22.0 Å². The standard InChI is InChI=1S/C9H16N2.C8H16N2.C8H7N.C7H6N2S.C7H12N2.C7H8N2.C5H10N2.C4H8N2.C3H6N2O.C3H4N2O.C3H6N2S.C3H4N2S/c1-2-5-9-10-6-4-8-11(9)7-3-1;1-3-8-9-6-5-7-10(8)4-2;1-2-4-8-7(3-1)5-6-9-8;8-7-9-5-3-1-2-4-6(5)10-7;1-3-7-8-4-2-6-9(7)5-1;8-7(9)6-4-2-1-3-5-6;1-7-4-2-3-6-5-7;1-2-5-4-6-3-1;4*4-3-5-1-2-6-3/h1-8H2;3-7H2,1-2H3;1-4,6H,5H2;1-4H,(H2,8,9);1-6H2;1-5H,(H3,8,9);5H,2-4H2,1H3;4H,1-3H2,(H,5,6);1-2H2,(H2,4,5);1-2H,(H2,4,5);1-2H2,(H2,4,5);1-2H,(H2,4,5). The van der Waals surface area contributed by atoms with E-state index in [1.807, 2.05) is 97.8 Å². The Morgan fingerprint density at radius 3 is 1.82 bits per heavy atom. The maximum atomic E-state index is 7.01. The third-order valence-electron chi connectivity index (χ3n) is 14.5. The van der Waals surface area contributed by atoms with Gasteiger partial charge in [-0.15, -0.1) is 11.3 Å². The molecule has 0 radical (unpaired) electrons. The summed E-state index contributed by atoms with van der Waals surface area (Å²) in [6.07, 6.45) is 26.4. The molecule has 95 heavy (non-hydrogen) atoms. The highest BCUT2D eigenvalue weighted by Gasteiger charge is 2.20. The normalized spacial score (nSPS) is 17.1. The molecule has 0 aliphatic carbocycles. The molecule has 0 atom stereocenters. The first-order valence-electron chi connectivity index (χ1n) is 32.9. The number of rotatable bonds is 3. The fraction of sp³-hybridized carbons (Fsp3) is 0.493. The summed E-state index contributed by atoms with van der Waals surface area (Å²) < 4.78 is 10.3. The van der Waals surface area contributed by atoms with E-state index in [1.165, 1.54) is 168 Å². The highest BCUT2D eigenvalue weighted by Crippen LogP contribution is 2.23. The molecule has 2 saturated heterocycles. The summed E-state index contributed by atoms with van der Waals surface area (Å²) in [5.41, 5.74) is 35.4. The second kappa shape index (κ2) is 48.1. The second-order valence-electron chi connectivity index (χ2n) is 21.8. The lowest BCUT2D eigenvalue weighted by Gasteiger charge is -2.27. The first kappa shape index (κ1) is 77.1. The molecule has 10 aliphatic rings. The summed E-state index contributed by atoms with van der Waals surface area (Å²) in [5, 5.41) is 13.9. The van der Waals surface area contributed by atoms with Crippen LogP contribution < -0.4 is 39.7 Å². The SMILES string of the molecule is C1=NCCCN1.C1=Nc2ccccc2C1.C1CCC2=NCCCN2CC1.C1CN=C2CCCN2C1.CCC1=NCCCN1CC.CN1C=NCCC1.N=C(N)c1ccccc1.NC1=NCCO1.NC1=NCCS1.Nc1nc2ccccc2s1.Nc1ncco1.Nc1nccs1. The van der Waals surface area contributed by atoms with Gasteiger partial charge in [-0.1, -0.05) is 97.1 Å². The van der Waals surface area contributed by atoms with Crippen LogP contribution in [0.25, 0.3) is 10.2 Å². The van der Waals surface area contributed by atoms with Crippen molar-refractivity contribution in [3.8, 4) is 0 Å². The monoisotopic (exact) mass is 1360 g/mol. The van der Waals surface area contributed by atoms with Crippen LogP contribution in [0.5, 0.6) is 0 Å². The molecule has 14 N–H and O–H groups in total. The van der Waals surface area contributed by atoms with Gasteiger partial charge in [-0.25, -0.2) is 19.9 Å². The minimum absolute atomic E-state index is 0.121. The van der Waals surface area contributed by atoms with Crippen LogP contribution in [-0.4, -0.2) is 206 Å². The molecule has 16 rings (SSSR count). The molecular formula is C67H103N23O2S3. The topological polar surface area (TPSA) is 365 Å². The molecule has 0 saturated carbocycles. The summed E-state index contributed by atoms with van der Waals surface area (Å²) in [4.78, 5) is 53.9. The highest BCUT2D eigenvalue weighted by molar-refractivity contribution is 8.14. The predicted molar refractivity (Wildman–Crippen MR) is 404 cm³/mol. The number of nitrogen functional groups attached to an aromatic ring is 4. The molecule has 13 heterocycles. The van der Waals surface area contributed by atoms with E-state index in [0.717, 1.165) is 104 Å².